The summed E-state index contributed by atoms with van der Waals surface area (Å²) in [6, 6.07) is 9.21. The molecule has 2 rings (SSSR count). The SMILES string of the molecule is Cc1oc(NC(=O)CCCOc2ccccc2Cl)c(C#N)c1C. The van der Waals surface area contributed by atoms with E-state index < -0.39 is 0 Å². The lowest BCUT2D eigenvalue weighted by molar-refractivity contribution is -0.116. The van der Waals surface area contributed by atoms with Gasteiger partial charge in [0.1, 0.15) is 23.1 Å². The number of nitriles is 1. The molecule has 0 saturated carbocycles. The van der Waals surface area contributed by atoms with Crippen molar-refractivity contribution in [3.63, 3.8) is 0 Å². The van der Waals surface area contributed by atoms with Crippen LogP contribution in [0.4, 0.5) is 5.88 Å². The lowest BCUT2D eigenvalue weighted by Gasteiger charge is -2.07. The number of carbonyl (C=O) groups is 1. The molecular weight excluding hydrogens is 316 g/mol. The van der Waals surface area contributed by atoms with Gasteiger partial charge in [0.05, 0.1) is 11.6 Å². The molecule has 6 heteroatoms. The highest BCUT2D eigenvalue weighted by atomic mass is 35.5. The number of benzene rings is 1. The second-order valence-corrected chi connectivity index (χ2v) is 5.44. The van der Waals surface area contributed by atoms with Crippen LogP contribution in [0.15, 0.2) is 28.7 Å². The maximum Gasteiger partial charge on any atom is 0.226 e. The van der Waals surface area contributed by atoms with Crippen molar-refractivity contribution in [2.24, 2.45) is 0 Å². The van der Waals surface area contributed by atoms with E-state index in [9.17, 15) is 4.79 Å². The number of hydrogen-bond acceptors (Lipinski definition) is 4. The van der Waals surface area contributed by atoms with Crippen LogP contribution in [0, 0.1) is 25.2 Å². The fourth-order valence-corrected chi connectivity index (χ4v) is 2.21. The Morgan fingerprint density at radius 1 is 1.39 bits per heavy atom. The predicted octanol–water partition coefficient (Wildman–Crippen LogP) is 4.22. The van der Waals surface area contributed by atoms with Gasteiger partial charge in [0.2, 0.25) is 11.8 Å². The van der Waals surface area contributed by atoms with Crippen molar-refractivity contribution in [1.82, 2.24) is 0 Å². The van der Waals surface area contributed by atoms with Crippen molar-refractivity contribution in [3.05, 3.63) is 46.2 Å². The van der Waals surface area contributed by atoms with Gasteiger partial charge in [-0.15, -0.1) is 0 Å². The van der Waals surface area contributed by atoms with Crippen LogP contribution in [0.2, 0.25) is 5.02 Å². The summed E-state index contributed by atoms with van der Waals surface area (Å²) < 4.78 is 10.9. The molecule has 2 aromatic rings. The normalized spacial score (nSPS) is 10.2. The Kier molecular flexibility index (Phi) is 5.67. The minimum Gasteiger partial charge on any atom is -0.492 e. The zero-order valence-corrected chi connectivity index (χ0v) is 13.7. The molecule has 1 aromatic heterocycles. The van der Waals surface area contributed by atoms with E-state index in [4.69, 9.17) is 26.0 Å². The van der Waals surface area contributed by atoms with Crippen molar-refractivity contribution in [2.45, 2.75) is 26.7 Å². The Balaban J connectivity index is 1.81. The number of ether oxygens (including phenoxy) is 1. The van der Waals surface area contributed by atoms with Gasteiger partial charge in [0, 0.05) is 12.0 Å². The Morgan fingerprint density at radius 3 is 2.83 bits per heavy atom. The number of carbonyl (C=O) groups excluding carboxylic acids is 1. The molecule has 0 radical (unpaired) electrons. The van der Waals surface area contributed by atoms with Gasteiger partial charge in [0.25, 0.3) is 0 Å². The van der Waals surface area contributed by atoms with Crippen molar-refractivity contribution in [3.8, 4) is 11.8 Å². The summed E-state index contributed by atoms with van der Waals surface area (Å²) in [5.74, 6) is 1.20. The summed E-state index contributed by atoms with van der Waals surface area (Å²) in [6.07, 6.45) is 0.783. The molecule has 1 amide bonds. The molecule has 0 unspecified atom stereocenters. The van der Waals surface area contributed by atoms with Crippen LogP contribution in [0.25, 0.3) is 0 Å². The van der Waals surface area contributed by atoms with Crippen LogP contribution in [-0.2, 0) is 4.79 Å². The molecule has 1 N–H and O–H groups in total. The van der Waals surface area contributed by atoms with Crippen LogP contribution in [-0.4, -0.2) is 12.5 Å². The van der Waals surface area contributed by atoms with Gasteiger partial charge in [0.15, 0.2) is 0 Å². The van der Waals surface area contributed by atoms with E-state index in [1.54, 1.807) is 26.0 Å². The largest absolute Gasteiger partial charge is 0.492 e. The number of para-hydroxylation sites is 1. The maximum atomic E-state index is 11.9. The third-order valence-electron chi connectivity index (χ3n) is 3.39. The number of nitrogens with one attached hydrogen (secondary N) is 1. The molecule has 0 spiro atoms. The second kappa shape index (κ2) is 7.70. The van der Waals surface area contributed by atoms with E-state index >= 15 is 0 Å². The number of anilines is 1. The lowest BCUT2D eigenvalue weighted by Crippen LogP contribution is -2.13. The third-order valence-corrected chi connectivity index (χ3v) is 3.70. The van der Waals surface area contributed by atoms with Gasteiger partial charge >= 0.3 is 0 Å². The first-order chi connectivity index (χ1) is 11.0. The number of halogens is 1. The average molecular weight is 333 g/mol. The highest BCUT2D eigenvalue weighted by Gasteiger charge is 2.16. The first-order valence-corrected chi connectivity index (χ1v) is 7.58. The quantitative estimate of drug-likeness (QED) is 0.803. The van der Waals surface area contributed by atoms with E-state index in [0.29, 0.717) is 35.1 Å². The van der Waals surface area contributed by atoms with E-state index in [-0.39, 0.29) is 18.2 Å². The Labute approximate surface area is 139 Å². The fraction of sp³-hybridized carbons (Fsp3) is 0.294. The van der Waals surface area contributed by atoms with Crippen LogP contribution >= 0.6 is 11.6 Å². The third kappa shape index (κ3) is 4.27. The van der Waals surface area contributed by atoms with E-state index in [2.05, 4.69) is 5.32 Å². The molecule has 0 saturated heterocycles. The summed E-state index contributed by atoms with van der Waals surface area (Å²) in [5, 5.41) is 12.3. The summed E-state index contributed by atoms with van der Waals surface area (Å²) in [6.45, 7) is 3.91. The molecule has 0 aliphatic carbocycles. The number of rotatable bonds is 6. The minimum atomic E-state index is -0.224. The van der Waals surface area contributed by atoms with Gasteiger partial charge in [-0.3, -0.25) is 10.1 Å². The van der Waals surface area contributed by atoms with Crippen LogP contribution < -0.4 is 10.1 Å². The van der Waals surface area contributed by atoms with Gasteiger partial charge in [-0.1, -0.05) is 23.7 Å². The van der Waals surface area contributed by atoms with Crippen LogP contribution in [0.3, 0.4) is 0 Å². The molecule has 0 atom stereocenters. The second-order valence-electron chi connectivity index (χ2n) is 5.03. The predicted molar refractivity (Wildman–Crippen MR) is 87.7 cm³/mol. The lowest BCUT2D eigenvalue weighted by atomic mass is 10.2. The van der Waals surface area contributed by atoms with Crippen molar-refractivity contribution in [1.29, 1.82) is 5.26 Å². The summed E-state index contributed by atoms with van der Waals surface area (Å²) in [4.78, 5) is 11.9. The average Bonchev–Trinajstić information content (AvgIpc) is 2.79. The molecular formula is C17H17ClN2O3. The number of amides is 1. The molecule has 0 aliphatic heterocycles. The van der Waals surface area contributed by atoms with E-state index in [1.165, 1.54) is 0 Å². The fourth-order valence-electron chi connectivity index (χ4n) is 2.02. The first kappa shape index (κ1) is 16.9. The minimum absolute atomic E-state index is 0.208. The monoisotopic (exact) mass is 332 g/mol. The molecule has 5 nitrogen and oxygen atoms in total. The van der Waals surface area contributed by atoms with Gasteiger partial charge < -0.3 is 9.15 Å². The molecule has 0 bridgehead atoms. The van der Waals surface area contributed by atoms with Crippen molar-refractivity contribution in [2.75, 3.05) is 11.9 Å². The Hall–Kier alpha value is -2.45. The number of nitrogens with zero attached hydrogens (tertiary/aromatic N) is 1. The van der Waals surface area contributed by atoms with Crippen LogP contribution in [0.5, 0.6) is 5.75 Å². The van der Waals surface area contributed by atoms with Crippen molar-refractivity contribution >= 4 is 23.4 Å². The molecule has 23 heavy (non-hydrogen) atoms. The number of furan rings is 1. The smallest absolute Gasteiger partial charge is 0.226 e. The summed E-state index contributed by atoms with van der Waals surface area (Å²) >= 11 is 5.98. The standard InChI is InChI=1S/C17H17ClN2O3/c1-11-12(2)23-17(13(11)10-19)20-16(21)8-5-9-22-15-7-4-3-6-14(15)18/h3-4,6-7H,5,8-9H2,1-2H3,(H,20,21). The molecule has 0 aliphatic rings. The zero-order valence-electron chi connectivity index (χ0n) is 13.0. The van der Waals surface area contributed by atoms with Gasteiger partial charge in [-0.05, 0) is 32.4 Å². The molecule has 1 heterocycles. The van der Waals surface area contributed by atoms with E-state index in [1.807, 2.05) is 18.2 Å². The van der Waals surface area contributed by atoms with Gasteiger partial charge in [-0.2, -0.15) is 5.26 Å². The molecule has 0 fully saturated rings. The number of aryl methyl sites for hydroxylation is 1. The summed E-state index contributed by atoms with van der Waals surface area (Å²) in [7, 11) is 0. The van der Waals surface area contributed by atoms with Crippen LogP contribution in [0.1, 0.15) is 29.7 Å². The Morgan fingerprint density at radius 2 is 2.13 bits per heavy atom. The van der Waals surface area contributed by atoms with Crippen molar-refractivity contribution < 1.29 is 13.9 Å². The first-order valence-electron chi connectivity index (χ1n) is 7.20. The number of hydrogen-bond donors (Lipinski definition) is 1. The topological polar surface area (TPSA) is 75.3 Å². The highest BCUT2D eigenvalue weighted by Crippen LogP contribution is 2.26. The highest BCUT2D eigenvalue weighted by molar-refractivity contribution is 6.32. The molecule has 1 aromatic carbocycles. The Bertz CT molecular complexity index is 747. The zero-order chi connectivity index (χ0) is 16.8. The maximum absolute atomic E-state index is 11.9. The van der Waals surface area contributed by atoms with E-state index in [0.717, 1.165) is 5.56 Å². The van der Waals surface area contributed by atoms with Gasteiger partial charge in [-0.25, -0.2) is 0 Å². The molecule has 120 valence electrons. The summed E-state index contributed by atoms with van der Waals surface area (Å²) in [5.41, 5.74) is 1.10.